The number of H-pyrrole nitrogens is 1. The highest BCUT2D eigenvalue weighted by atomic mass is 32.1. The highest BCUT2D eigenvalue weighted by Crippen LogP contribution is 2.33. The molecule has 1 saturated heterocycles. The van der Waals surface area contributed by atoms with E-state index in [0.29, 0.717) is 12.1 Å². The van der Waals surface area contributed by atoms with Crippen molar-refractivity contribution < 1.29 is 4.74 Å². The lowest BCUT2D eigenvalue weighted by atomic mass is 10.2. The van der Waals surface area contributed by atoms with E-state index in [1.807, 2.05) is 0 Å². The van der Waals surface area contributed by atoms with Crippen LogP contribution in [-0.4, -0.2) is 40.6 Å². The average molecular weight is 282 g/mol. The Kier molecular flexibility index (Phi) is 3.88. The number of nitrogens with one attached hydrogen (secondary N) is 1. The van der Waals surface area contributed by atoms with Crippen LogP contribution >= 0.6 is 12.2 Å². The maximum Gasteiger partial charge on any atom is 0.226 e. The van der Waals surface area contributed by atoms with Gasteiger partial charge in [-0.25, -0.2) is 5.10 Å². The largest absolute Gasteiger partial charge is 0.377 e. The molecule has 0 aromatic carbocycles. The molecular weight excluding hydrogens is 260 g/mol. The van der Waals surface area contributed by atoms with E-state index in [2.05, 4.69) is 26.6 Å². The van der Waals surface area contributed by atoms with Gasteiger partial charge in [0, 0.05) is 12.6 Å². The molecule has 2 aliphatic rings. The number of nitrogens with zero attached hydrogens (tertiary/aromatic N) is 3. The zero-order valence-corrected chi connectivity index (χ0v) is 12.3. The van der Waals surface area contributed by atoms with Crippen molar-refractivity contribution in [2.75, 3.05) is 24.7 Å². The second-order valence-electron chi connectivity index (χ2n) is 5.47. The van der Waals surface area contributed by atoms with Gasteiger partial charge in [-0.15, -0.1) is 5.10 Å². The fourth-order valence-electron chi connectivity index (χ4n) is 3.25. The van der Waals surface area contributed by atoms with Crippen LogP contribution < -0.4 is 4.90 Å². The minimum absolute atomic E-state index is 0.416. The van der Waals surface area contributed by atoms with Gasteiger partial charge in [0.05, 0.1) is 19.3 Å². The standard InChI is InChI=1S/C13H22N4OS/c1-2-10-9-18-8-7-16(10)12-14-15-13(19)17(12)11-5-3-4-6-11/h10-11H,2-9H2,1H3,(H,15,19). The highest BCUT2D eigenvalue weighted by Gasteiger charge is 2.29. The molecule has 1 atom stereocenters. The van der Waals surface area contributed by atoms with E-state index >= 15 is 0 Å². The monoisotopic (exact) mass is 282 g/mol. The zero-order valence-electron chi connectivity index (χ0n) is 11.5. The molecule has 0 spiro atoms. The molecule has 1 unspecified atom stereocenters. The van der Waals surface area contributed by atoms with Gasteiger partial charge in [0.15, 0.2) is 4.77 Å². The summed E-state index contributed by atoms with van der Waals surface area (Å²) in [6.45, 7) is 4.68. The Balaban J connectivity index is 1.93. The third-order valence-corrected chi connectivity index (χ3v) is 4.62. The van der Waals surface area contributed by atoms with E-state index in [0.717, 1.165) is 36.9 Å². The van der Waals surface area contributed by atoms with Crippen molar-refractivity contribution in [1.29, 1.82) is 0 Å². The zero-order chi connectivity index (χ0) is 13.2. The highest BCUT2D eigenvalue weighted by molar-refractivity contribution is 7.71. The maximum absolute atomic E-state index is 5.58. The minimum Gasteiger partial charge on any atom is -0.377 e. The smallest absolute Gasteiger partial charge is 0.226 e. The summed E-state index contributed by atoms with van der Waals surface area (Å²) < 4.78 is 8.60. The van der Waals surface area contributed by atoms with Crippen molar-refractivity contribution in [2.45, 2.75) is 51.1 Å². The van der Waals surface area contributed by atoms with Crippen molar-refractivity contribution in [3.8, 4) is 0 Å². The fraction of sp³-hybridized carbons (Fsp3) is 0.846. The first kappa shape index (κ1) is 13.1. The van der Waals surface area contributed by atoms with Crippen LogP contribution in [-0.2, 0) is 4.74 Å². The van der Waals surface area contributed by atoms with Gasteiger partial charge in [0.1, 0.15) is 0 Å². The van der Waals surface area contributed by atoms with Crippen molar-refractivity contribution >= 4 is 18.2 Å². The molecule has 1 saturated carbocycles. The van der Waals surface area contributed by atoms with E-state index in [9.17, 15) is 0 Å². The predicted molar refractivity (Wildman–Crippen MR) is 77.2 cm³/mol. The molecule has 0 bridgehead atoms. The van der Waals surface area contributed by atoms with Gasteiger partial charge < -0.3 is 9.64 Å². The predicted octanol–water partition coefficient (Wildman–Crippen LogP) is 2.67. The van der Waals surface area contributed by atoms with E-state index in [-0.39, 0.29) is 0 Å². The van der Waals surface area contributed by atoms with E-state index in [1.165, 1.54) is 25.7 Å². The summed E-state index contributed by atoms with van der Waals surface area (Å²) in [5.41, 5.74) is 0. The number of rotatable bonds is 3. The quantitative estimate of drug-likeness (QED) is 0.866. The normalized spacial score (nSPS) is 25.1. The SMILES string of the molecule is CCC1COCCN1c1n[nH]c(=S)n1C1CCCC1. The summed E-state index contributed by atoms with van der Waals surface area (Å²) in [4.78, 5) is 2.37. The van der Waals surface area contributed by atoms with Crippen LogP contribution in [0.2, 0.25) is 0 Å². The summed E-state index contributed by atoms with van der Waals surface area (Å²) >= 11 is 5.44. The number of morpholine rings is 1. The Bertz CT molecular complexity index is 477. The van der Waals surface area contributed by atoms with Crippen LogP contribution in [0, 0.1) is 4.77 Å². The Morgan fingerprint density at radius 3 is 2.95 bits per heavy atom. The molecule has 3 rings (SSSR count). The average Bonchev–Trinajstić information content (AvgIpc) is 3.07. The number of hydrogen-bond acceptors (Lipinski definition) is 4. The number of aromatic amines is 1. The molecule has 1 aromatic rings. The van der Waals surface area contributed by atoms with Gasteiger partial charge in [0.25, 0.3) is 0 Å². The van der Waals surface area contributed by atoms with Crippen LogP contribution in [0.25, 0.3) is 0 Å². The van der Waals surface area contributed by atoms with E-state index in [1.54, 1.807) is 0 Å². The van der Waals surface area contributed by atoms with Gasteiger partial charge >= 0.3 is 0 Å². The van der Waals surface area contributed by atoms with Gasteiger partial charge in [-0.2, -0.15) is 0 Å². The van der Waals surface area contributed by atoms with Gasteiger partial charge in [0.2, 0.25) is 5.95 Å². The van der Waals surface area contributed by atoms with Crippen LogP contribution in [0.5, 0.6) is 0 Å². The number of ether oxygens (including phenoxy) is 1. The first-order chi connectivity index (χ1) is 9.31. The molecule has 6 heteroatoms. The Labute approximate surface area is 118 Å². The summed E-state index contributed by atoms with van der Waals surface area (Å²) in [5, 5.41) is 7.49. The van der Waals surface area contributed by atoms with Crippen molar-refractivity contribution in [2.24, 2.45) is 0 Å². The van der Waals surface area contributed by atoms with Crippen LogP contribution in [0.1, 0.15) is 45.1 Å². The van der Waals surface area contributed by atoms with Gasteiger partial charge in [-0.3, -0.25) is 4.57 Å². The lowest BCUT2D eigenvalue weighted by Crippen LogP contribution is -2.46. The third kappa shape index (κ3) is 2.43. The number of hydrogen-bond donors (Lipinski definition) is 1. The molecule has 0 radical (unpaired) electrons. The summed E-state index contributed by atoms with van der Waals surface area (Å²) in [5.74, 6) is 1.02. The van der Waals surface area contributed by atoms with E-state index in [4.69, 9.17) is 17.0 Å². The molecule has 5 nitrogen and oxygen atoms in total. The van der Waals surface area contributed by atoms with Crippen LogP contribution in [0.3, 0.4) is 0 Å². The number of anilines is 1. The lowest BCUT2D eigenvalue weighted by molar-refractivity contribution is 0.0915. The molecule has 2 fully saturated rings. The van der Waals surface area contributed by atoms with E-state index < -0.39 is 0 Å². The van der Waals surface area contributed by atoms with Crippen molar-refractivity contribution in [1.82, 2.24) is 14.8 Å². The van der Waals surface area contributed by atoms with Crippen molar-refractivity contribution in [3.05, 3.63) is 4.77 Å². The molecule has 1 aliphatic carbocycles. The molecule has 19 heavy (non-hydrogen) atoms. The van der Waals surface area contributed by atoms with Gasteiger partial charge in [-0.05, 0) is 31.5 Å². The molecular formula is C13H22N4OS. The fourth-order valence-corrected chi connectivity index (χ4v) is 3.52. The molecule has 0 amide bonds. The topological polar surface area (TPSA) is 46.1 Å². The summed E-state index contributed by atoms with van der Waals surface area (Å²) in [6, 6.07) is 0.945. The molecule has 1 aromatic heterocycles. The maximum atomic E-state index is 5.58. The second kappa shape index (κ2) is 5.63. The number of aromatic nitrogens is 3. The Morgan fingerprint density at radius 2 is 2.21 bits per heavy atom. The van der Waals surface area contributed by atoms with Crippen molar-refractivity contribution in [3.63, 3.8) is 0 Å². The first-order valence-corrected chi connectivity index (χ1v) is 7.73. The Morgan fingerprint density at radius 1 is 1.42 bits per heavy atom. The third-order valence-electron chi connectivity index (χ3n) is 4.33. The summed E-state index contributed by atoms with van der Waals surface area (Å²) in [6.07, 6.45) is 6.13. The Hall–Kier alpha value is -0.880. The lowest BCUT2D eigenvalue weighted by Gasteiger charge is -2.36. The van der Waals surface area contributed by atoms with Crippen LogP contribution in [0.4, 0.5) is 5.95 Å². The van der Waals surface area contributed by atoms with Gasteiger partial charge in [-0.1, -0.05) is 19.8 Å². The molecule has 1 aliphatic heterocycles. The van der Waals surface area contributed by atoms with Crippen LogP contribution in [0.15, 0.2) is 0 Å². The minimum atomic E-state index is 0.416. The molecule has 1 N–H and O–H groups in total. The second-order valence-corrected chi connectivity index (χ2v) is 5.85. The molecule has 2 heterocycles. The first-order valence-electron chi connectivity index (χ1n) is 7.32. The summed E-state index contributed by atoms with van der Waals surface area (Å²) in [7, 11) is 0. The molecule has 106 valence electrons.